The van der Waals surface area contributed by atoms with E-state index in [0.717, 1.165) is 47.0 Å². The minimum atomic E-state index is 0.0365. The first-order valence-corrected chi connectivity index (χ1v) is 9.22. The molecule has 1 fully saturated rings. The number of nitrogens with zero attached hydrogens (tertiary/aromatic N) is 3. The molecule has 0 saturated carbocycles. The first-order chi connectivity index (χ1) is 11.1. The summed E-state index contributed by atoms with van der Waals surface area (Å²) < 4.78 is 1.05. The molecule has 2 heterocycles. The highest BCUT2D eigenvalue weighted by Crippen LogP contribution is 2.20. The molecule has 1 saturated heterocycles. The molecule has 0 bridgehead atoms. The molecule has 1 aliphatic rings. The minimum absolute atomic E-state index is 0.0365. The third kappa shape index (κ3) is 4.31. The molecule has 3 rings (SSSR count). The largest absolute Gasteiger partial charge is 0.346 e. The van der Waals surface area contributed by atoms with Gasteiger partial charge in [0.05, 0.1) is 6.54 Å². The van der Waals surface area contributed by atoms with E-state index in [-0.39, 0.29) is 5.91 Å². The number of hydrogen-bond acceptors (Lipinski definition) is 5. The van der Waals surface area contributed by atoms with Gasteiger partial charge in [0.25, 0.3) is 0 Å². The second-order valence-corrected chi connectivity index (χ2v) is 7.32. The van der Waals surface area contributed by atoms with Crippen LogP contribution >= 0.6 is 27.3 Å². The smallest absolute Gasteiger partial charge is 0.238 e. The quantitative estimate of drug-likeness (QED) is 0.865. The van der Waals surface area contributed by atoms with Gasteiger partial charge in [0, 0.05) is 47.9 Å². The molecular weight excluding hydrogens is 376 g/mol. The number of carbonyl (C=O) groups excluding carboxylic acids is 1. The summed E-state index contributed by atoms with van der Waals surface area (Å²) in [5.74, 6) is 0.0365. The van der Waals surface area contributed by atoms with Crippen molar-refractivity contribution in [2.75, 3.05) is 42.9 Å². The van der Waals surface area contributed by atoms with Crippen LogP contribution in [0.25, 0.3) is 0 Å². The lowest BCUT2D eigenvalue weighted by molar-refractivity contribution is -0.117. The topological polar surface area (TPSA) is 48.5 Å². The average Bonchev–Trinajstić information content (AvgIpc) is 3.06. The Kier molecular flexibility index (Phi) is 5.30. The summed E-state index contributed by atoms with van der Waals surface area (Å²) in [7, 11) is 0. The minimum Gasteiger partial charge on any atom is -0.346 e. The van der Waals surface area contributed by atoms with Crippen molar-refractivity contribution in [3.05, 3.63) is 39.8 Å². The van der Waals surface area contributed by atoms with E-state index in [2.05, 4.69) is 36.0 Å². The van der Waals surface area contributed by atoms with Gasteiger partial charge in [0.1, 0.15) is 0 Å². The van der Waals surface area contributed by atoms with Crippen LogP contribution in [0.1, 0.15) is 5.56 Å². The number of piperazine rings is 1. The molecule has 122 valence electrons. The van der Waals surface area contributed by atoms with E-state index >= 15 is 0 Å². The molecule has 2 aromatic rings. The van der Waals surface area contributed by atoms with E-state index in [1.54, 1.807) is 11.3 Å². The van der Waals surface area contributed by atoms with E-state index in [1.807, 2.05) is 36.7 Å². The molecule has 23 heavy (non-hydrogen) atoms. The SMILES string of the molecule is Cc1cc(NC(=O)CN2CCN(c3nccs3)CC2)ccc1Br. The Labute approximate surface area is 148 Å². The summed E-state index contributed by atoms with van der Waals surface area (Å²) in [4.78, 5) is 21.0. The zero-order chi connectivity index (χ0) is 16.2. The van der Waals surface area contributed by atoms with Gasteiger partial charge in [0.2, 0.25) is 5.91 Å². The highest BCUT2D eigenvalue weighted by atomic mass is 79.9. The normalized spacial score (nSPS) is 15.7. The maximum atomic E-state index is 12.2. The van der Waals surface area contributed by atoms with Crippen LogP contribution in [0.2, 0.25) is 0 Å². The van der Waals surface area contributed by atoms with Crippen LogP contribution in [-0.4, -0.2) is 48.5 Å². The van der Waals surface area contributed by atoms with Crippen LogP contribution in [-0.2, 0) is 4.79 Å². The van der Waals surface area contributed by atoms with Crippen molar-refractivity contribution in [3.63, 3.8) is 0 Å². The van der Waals surface area contributed by atoms with Crippen LogP contribution in [0, 0.1) is 6.92 Å². The van der Waals surface area contributed by atoms with Crippen LogP contribution in [0.5, 0.6) is 0 Å². The van der Waals surface area contributed by atoms with E-state index in [9.17, 15) is 4.79 Å². The summed E-state index contributed by atoms with van der Waals surface area (Å²) in [5, 5.41) is 6.04. The molecule has 1 amide bonds. The predicted octanol–water partition coefficient (Wildman–Crippen LogP) is 2.97. The number of rotatable bonds is 4. The molecule has 1 N–H and O–H groups in total. The molecule has 0 unspecified atom stereocenters. The van der Waals surface area contributed by atoms with E-state index < -0.39 is 0 Å². The summed E-state index contributed by atoms with van der Waals surface area (Å²) >= 11 is 5.13. The fourth-order valence-corrected chi connectivity index (χ4v) is 3.54. The van der Waals surface area contributed by atoms with Crippen molar-refractivity contribution >= 4 is 44.0 Å². The Morgan fingerprint density at radius 3 is 2.78 bits per heavy atom. The van der Waals surface area contributed by atoms with E-state index in [4.69, 9.17) is 0 Å². The molecule has 0 radical (unpaired) electrons. The zero-order valence-corrected chi connectivity index (χ0v) is 15.4. The summed E-state index contributed by atoms with van der Waals surface area (Å²) in [6.45, 7) is 6.04. The van der Waals surface area contributed by atoms with Gasteiger partial charge in [-0.05, 0) is 30.7 Å². The zero-order valence-electron chi connectivity index (χ0n) is 13.0. The van der Waals surface area contributed by atoms with Gasteiger partial charge in [0.15, 0.2) is 5.13 Å². The molecule has 1 aromatic heterocycles. The fourth-order valence-electron chi connectivity index (χ4n) is 2.60. The lowest BCUT2D eigenvalue weighted by atomic mass is 10.2. The van der Waals surface area contributed by atoms with Gasteiger partial charge >= 0.3 is 0 Å². The van der Waals surface area contributed by atoms with E-state index in [1.165, 1.54) is 0 Å². The fraction of sp³-hybridized carbons (Fsp3) is 0.375. The van der Waals surface area contributed by atoms with Gasteiger partial charge in [-0.3, -0.25) is 9.69 Å². The lowest BCUT2D eigenvalue weighted by Crippen LogP contribution is -2.48. The van der Waals surface area contributed by atoms with Crippen LogP contribution in [0.4, 0.5) is 10.8 Å². The number of thiazole rings is 1. The number of aromatic nitrogens is 1. The molecule has 1 aliphatic heterocycles. The number of anilines is 2. The van der Waals surface area contributed by atoms with Crippen molar-refractivity contribution in [1.29, 1.82) is 0 Å². The number of carbonyl (C=O) groups is 1. The Morgan fingerprint density at radius 2 is 2.13 bits per heavy atom. The van der Waals surface area contributed by atoms with Crippen LogP contribution < -0.4 is 10.2 Å². The van der Waals surface area contributed by atoms with Crippen molar-refractivity contribution in [2.45, 2.75) is 6.92 Å². The Morgan fingerprint density at radius 1 is 1.35 bits per heavy atom. The number of nitrogens with one attached hydrogen (secondary N) is 1. The number of hydrogen-bond donors (Lipinski definition) is 1. The third-order valence-corrected chi connectivity index (χ3v) is 5.59. The van der Waals surface area contributed by atoms with Gasteiger partial charge in [-0.2, -0.15) is 0 Å². The van der Waals surface area contributed by atoms with Gasteiger partial charge in [-0.25, -0.2) is 4.98 Å². The maximum Gasteiger partial charge on any atom is 0.238 e. The third-order valence-electron chi connectivity index (χ3n) is 3.87. The molecule has 0 aliphatic carbocycles. The monoisotopic (exact) mass is 394 g/mol. The van der Waals surface area contributed by atoms with Crippen molar-refractivity contribution < 1.29 is 4.79 Å². The Bertz CT molecular complexity index is 669. The first-order valence-electron chi connectivity index (χ1n) is 7.54. The van der Waals surface area contributed by atoms with Crippen LogP contribution in [0.15, 0.2) is 34.2 Å². The molecule has 1 aromatic carbocycles. The Balaban J connectivity index is 1.48. The Hall–Kier alpha value is -1.44. The summed E-state index contributed by atoms with van der Waals surface area (Å²) in [5.41, 5.74) is 1.96. The molecule has 0 spiro atoms. The van der Waals surface area contributed by atoms with E-state index in [0.29, 0.717) is 6.54 Å². The highest BCUT2D eigenvalue weighted by Gasteiger charge is 2.20. The van der Waals surface area contributed by atoms with Crippen molar-refractivity contribution in [3.8, 4) is 0 Å². The molecular formula is C16H19BrN4OS. The van der Waals surface area contributed by atoms with Crippen molar-refractivity contribution in [1.82, 2.24) is 9.88 Å². The summed E-state index contributed by atoms with van der Waals surface area (Å²) in [6.07, 6.45) is 1.83. The van der Waals surface area contributed by atoms with Gasteiger partial charge < -0.3 is 10.2 Å². The first kappa shape index (κ1) is 16.4. The predicted molar refractivity (Wildman–Crippen MR) is 98.3 cm³/mol. The van der Waals surface area contributed by atoms with Gasteiger partial charge in [-0.1, -0.05) is 15.9 Å². The number of halogens is 1. The van der Waals surface area contributed by atoms with Crippen LogP contribution in [0.3, 0.4) is 0 Å². The number of amides is 1. The maximum absolute atomic E-state index is 12.2. The molecule has 7 heteroatoms. The van der Waals surface area contributed by atoms with Crippen molar-refractivity contribution in [2.24, 2.45) is 0 Å². The second-order valence-electron chi connectivity index (χ2n) is 5.59. The standard InChI is InChI=1S/C16H19BrN4OS/c1-12-10-13(2-3-14(12)17)19-15(22)11-20-5-7-21(8-6-20)16-18-4-9-23-16/h2-4,9-10H,5-8,11H2,1H3,(H,19,22). The second kappa shape index (κ2) is 7.42. The van der Waals surface area contributed by atoms with Gasteiger partial charge in [-0.15, -0.1) is 11.3 Å². The molecule has 0 atom stereocenters. The summed E-state index contributed by atoms with van der Waals surface area (Å²) in [6, 6.07) is 5.84. The lowest BCUT2D eigenvalue weighted by Gasteiger charge is -2.34. The number of aryl methyl sites for hydroxylation is 1. The number of benzene rings is 1. The molecule has 5 nitrogen and oxygen atoms in total. The average molecular weight is 395 g/mol. The highest BCUT2D eigenvalue weighted by molar-refractivity contribution is 9.10.